The topological polar surface area (TPSA) is 125 Å². The van der Waals surface area contributed by atoms with E-state index in [9.17, 15) is 24.3 Å². The Kier molecular flexibility index (Phi) is 9.11. The number of aryl methyl sites for hydroxylation is 2. The van der Waals surface area contributed by atoms with Crippen molar-refractivity contribution >= 4 is 29.4 Å². The van der Waals surface area contributed by atoms with Gasteiger partial charge in [0.05, 0.1) is 24.0 Å². The molecule has 1 spiro atoms. The van der Waals surface area contributed by atoms with Gasteiger partial charge in [0.15, 0.2) is 0 Å². The quantitative estimate of drug-likeness (QED) is 0.286. The summed E-state index contributed by atoms with van der Waals surface area (Å²) in [5.74, 6) is -3.31. The first-order chi connectivity index (χ1) is 22.2. The SMILES string of the molecule is Cc1ccc(C)c(N2CC=C[C@@]34O[C@H]5/C=C\CCC(=O)OC[C@H](c6ccccc6)NC(=O)[C@H]5[C@@H]3C(=O)N(CCCCO)[C@H]4C2=O)c1. The van der Waals surface area contributed by atoms with E-state index < -0.39 is 41.5 Å². The second-order valence-electron chi connectivity index (χ2n) is 12.6. The van der Waals surface area contributed by atoms with E-state index in [1.807, 2.05) is 74.5 Å². The second kappa shape index (κ2) is 13.2. The van der Waals surface area contributed by atoms with Crippen molar-refractivity contribution in [2.24, 2.45) is 11.8 Å². The number of cyclic esters (lactones) is 1. The predicted octanol–water partition coefficient (Wildman–Crippen LogP) is 3.31. The number of allylic oxidation sites excluding steroid dienone is 1. The minimum atomic E-state index is -1.40. The van der Waals surface area contributed by atoms with Crippen molar-refractivity contribution in [3.63, 3.8) is 0 Å². The number of amides is 3. The highest BCUT2D eigenvalue weighted by Crippen LogP contribution is 2.53. The number of benzene rings is 2. The number of esters is 1. The Morgan fingerprint density at radius 3 is 2.59 bits per heavy atom. The Labute approximate surface area is 269 Å². The number of hydrogen-bond acceptors (Lipinski definition) is 7. The van der Waals surface area contributed by atoms with Gasteiger partial charge < -0.3 is 29.7 Å². The summed E-state index contributed by atoms with van der Waals surface area (Å²) < 4.78 is 12.3. The van der Waals surface area contributed by atoms with E-state index in [1.165, 1.54) is 0 Å². The molecular formula is C36H41N3O7. The van der Waals surface area contributed by atoms with Gasteiger partial charge in [0.1, 0.15) is 18.2 Å². The van der Waals surface area contributed by atoms with E-state index in [1.54, 1.807) is 22.0 Å². The summed E-state index contributed by atoms with van der Waals surface area (Å²) >= 11 is 0. The van der Waals surface area contributed by atoms with E-state index in [4.69, 9.17) is 9.47 Å². The van der Waals surface area contributed by atoms with Crippen LogP contribution in [0.25, 0.3) is 0 Å². The number of rotatable bonds is 6. The van der Waals surface area contributed by atoms with Crippen molar-refractivity contribution in [1.29, 1.82) is 0 Å². The Bertz CT molecular complexity index is 1560. The minimum Gasteiger partial charge on any atom is -0.463 e. The molecule has 0 aromatic heterocycles. The van der Waals surface area contributed by atoms with Crippen LogP contribution in [0.2, 0.25) is 0 Å². The maximum Gasteiger partial charge on any atom is 0.306 e. The number of nitrogens with one attached hydrogen (secondary N) is 1. The lowest BCUT2D eigenvalue weighted by molar-refractivity contribution is -0.146. The molecule has 4 aliphatic rings. The van der Waals surface area contributed by atoms with E-state index in [2.05, 4.69) is 5.32 Å². The number of nitrogens with zero attached hydrogens (tertiary/aromatic N) is 2. The van der Waals surface area contributed by atoms with Crippen molar-refractivity contribution in [2.75, 3.05) is 31.2 Å². The van der Waals surface area contributed by atoms with Gasteiger partial charge in [-0.1, -0.05) is 66.8 Å². The molecule has 6 rings (SSSR count). The number of aliphatic hydroxyl groups excluding tert-OH is 1. The molecule has 10 heteroatoms. The van der Waals surface area contributed by atoms with Crippen LogP contribution in [0.5, 0.6) is 0 Å². The van der Waals surface area contributed by atoms with E-state index in [-0.39, 0.29) is 50.5 Å². The maximum absolute atomic E-state index is 14.7. The Hall–Kier alpha value is -4.28. The first-order valence-electron chi connectivity index (χ1n) is 16.1. The average molecular weight is 628 g/mol. The van der Waals surface area contributed by atoms with Gasteiger partial charge in [-0.25, -0.2) is 0 Å². The summed E-state index contributed by atoms with van der Waals surface area (Å²) in [7, 11) is 0. The molecule has 46 heavy (non-hydrogen) atoms. The fraction of sp³-hybridized carbons (Fsp3) is 0.444. The van der Waals surface area contributed by atoms with Crippen LogP contribution in [0.1, 0.15) is 48.4 Å². The standard InChI is InChI=1S/C36H41N3O7/c1-23-15-16-24(2)27(21-23)38-19-10-17-36-31(34(43)39(18-8-9-20-40)32(36)35(38)44)30-28(46-36)13-6-7-14-29(41)45-22-26(37-33(30)42)25-11-4-3-5-12-25/h3-6,10-13,15-17,21,26,28,30-32,40H,7-9,14,18-20,22H2,1-2H3,(H,37,42)/b13-6-/t26-,28+,30-,31-,32+,36-/m1/s1. The zero-order valence-corrected chi connectivity index (χ0v) is 26.3. The highest BCUT2D eigenvalue weighted by Gasteiger charge is 2.71. The third kappa shape index (κ3) is 5.76. The van der Waals surface area contributed by atoms with Gasteiger partial charge >= 0.3 is 5.97 Å². The zero-order valence-electron chi connectivity index (χ0n) is 26.3. The summed E-state index contributed by atoms with van der Waals surface area (Å²) in [6, 6.07) is 13.5. The molecule has 2 N–H and O–H groups in total. The normalized spacial score (nSPS) is 30.4. The van der Waals surface area contributed by atoms with Crippen LogP contribution < -0.4 is 10.2 Å². The van der Waals surface area contributed by atoms with Crippen LogP contribution in [0.4, 0.5) is 5.69 Å². The molecule has 2 fully saturated rings. The number of unbranched alkanes of at least 4 members (excludes halogenated alkanes) is 1. The molecular weight excluding hydrogens is 586 g/mol. The molecule has 0 saturated carbocycles. The van der Waals surface area contributed by atoms with Gasteiger partial charge in [-0.15, -0.1) is 0 Å². The van der Waals surface area contributed by atoms with Crippen molar-refractivity contribution in [1.82, 2.24) is 10.2 Å². The van der Waals surface area contributed by atoms with Crippen LogP contribution in [-0.4, -0.2) is 77.7 Å². The molecule has 3 amide bonds. The van der Waals surface area contributed by atoms with Crippen molar-refractivity contribution in [3.05, 3.63) is 89.5 Å². The maximum atomic E-state index is 14.7. The fourth-order valence-electron chi connectivity index (χ4n) is 7.30. The number of carbonyl (C=O) groups is 4. The first-order valence-corrected chi connectivity index (χ1v) is 16.1. The average Bonchev–Trinajstić information content (AvgIpc) is 3.43. The molecule has 0 unspecified atom stereocenters. The lowest BCUT2D eigenvalue weighted by atomic mass is 9.77. The predicted molar refractivity (Wildman–Crippen MR) is 170 cm³/mol. The molecule has 242 valence electrons. The number of fused-ring (bicyclic) bond motifs is 2. The highest BCUT2D eigenvalue weighted by atomic mass is 16.5. The van der Waals surface area contributed by atoms with Gasteiger partial charge in [0.2, 0.25) is 11.8 Å². The third-order valence-corrected chi connectivity index (χ3v) is 9.53. The number of aliphatic hydroxyl groups is 1. The molecule has 0 radical (unpaired) electrons. The Morgan fingerprint density at radius 1 is 1.00 bits per heavy atom. The number of ether oxygens (including phenoxy) is 2. The summed E-state index contributed by atoms with van der Waals surface area (Å²) in [5.41, 5.74) is 2.05. The molecule has 10 nitrogen and oxygen atoms in total. The minimum absolute atomic E-state index is 0.0381. The summed E-state index contributed by atoms with van der Waals surface area (Å²) in [4.78, 5) is 59.3. The van der Waals surface area contributed by atoms with E-state index >= 15 is 0 Å². The van der Waals surface area contributed by atoms with Gasteiger partial charge in [-0.05, 0) is 55.9 Å². The second-order valence-corrected chi connectivity index (χ2v) is 12.6. The molecule has 0 bridgehead atoms. The van der Waals surface area contributed by atoms with Gasteiger partial charge in [-0.3, -0.25) is 19.2 Å². The van der Waals surface area contributed by atoms with Crippen LogP contribution in [0, 0.1) is 25.7 Å². The van der Waals surface area contributed by atoms with Gasteiger partial charge in [0.25, 0.3) is 5.91 Å². The number of likely N-dealkylation sites (tertiary alicyclic amines) is 1. The van der Waals surface area contributed by atoms with E-state index in [0.29, 0.717) is 19.3 Å². The monoisotopic (exact) mass is 627 g/mol. The van der Waals surface area contributed by atoms with Crippen LogP contribution in [0.15, 0.2) is 72.8 Å². The van der Waals surface area contributed by atoms with Crippen molar-refractivity contribution < 1.29 is 33.8 Å². The largest absolute Gasteiger partial charge is 0.463 e. The number of hydrogen-bond donors (Lipinski definition) is 2. The first kappa shape index (κ1) is 31.7. The molecule has 4 aliphatic heterocycles. The molecule has 2 saturated heterocycles. The van der Waals surface area contributed by atoms with Gasteiger partial charge in [-0.2, -0.15) is 0 Å². The smallest absolute Gasteiger partial charge is 0.306 e. The van der Waals surface area contributed by atoms with Crippen LogP contribution in [-0.2, 0) is 28.7 Å². The molecule has 0 aliphatic carbocycles. The number of anilines is 1. The highest BCUT2D eigenvalue weighted by molar-refractivity contribution is 6.06. The summed E-state index contributed by atoms with van der Waals surface area (Å²) in [6.07, 6.45) is 7.89. The zero-order chi connectivity index (χ0) is 32.4. The molecule has 4 heterocycles. The van der Waals surface area contributed by atoms with Crippen LogP contribution >= 0.6 is 0 Å². The third-order valence-electron chi connectivity index (χ3n) is 9.53. The number of carbonyl (C=O) groups excluding carboxylic acids is 4. The Balaban J connectivity index is 1.43. The summed E-state index contributed by atoms with van der Waals surface area (Å²) in [6.45, 7) is 4.35. The van der Waals surface area contributed by atoms with E-state index in [0.717, 1.165) is 22.4 Å². The van der Waals surface area contributed by atoms with Crippen molar-refractivity contribution in [2.45, 2.75) is 63.3 Å². The molecule has 2 aromatic rings. The Morgan fingerprint density at radius 2 is 1.80 bits per heavy atom. The summed E-state index contributed by atoms with van der Waals surface area (Å²) in [5, 5.41) is 12.6. The fourth-order valence-corrected chi connectivity index (χ4v) is 7.30. The lowest BCUT2D eigenvalue weighted by Crippen LogP contribution is -2.55. The van der Waals surface area contributed by atoms with Crippen molar-refractivity contribution in [3.8, 4) is 0 Å². The lowest BCUT2D eigenvalue weighted by Gasteiger charge is -2.35. The van der Waals surface area contributed by atoms with Crippen LogP contribution in [0.3, 0.4) is 0 Å². The molecule has 2 aromatic carbocycles. The molecule has 6 atom stereocenters. The van der Waals surface area contributed by atoms with Gasteiger partial charge in [0, 0.05) is 31.8 Å².